The fourth-order valence-corrected chi connectivity index (χ4v) is 2.41. The zero-order valence-corrected chi connectivity index (χ0v) is 9.90. The highest BCUT2D eigenvalue weighted by molar-refractivity contribution is 7.15. The maximum Gasteiger partial charge on any atom is 0.123 e. The molecule has 0 aliphatic heterocycles. The molecule has 0 saturated heterocycles. The molecule has 0 fully saturated rings. The summed E-state index contributed by atoms with van der Waals surface area (Å²) < 4.78 is 0. The number of hydrogen-bond donors (Lipinski definition) is 1. The minimum Gasteiger partial charge on any atom is -0.326 e. The maximum atomic E-state index is 5.83. The first-order valence-electron chi connectivity index (χ1n) is 4.63. The number of rotatable bonds is 2. The van der Waals surface area contributed by atoms with E-state index in [9.17, 15) is 0 Å². The smallest absolute Gasteiger partial charge is 0.123 e. The summed E-state index contributed by atoms with van der Waals surface area (Å²) in [4.78, 5) is 5.62. The van der Waals surface area contributed by atoms with Crippen molar-refractivity contribution in [2.24, 2.45) is 5.73 Å². The first-order valence-corrected chi connectivity index (χ1v) is 5.82. The van der Waals surface area contributed by atoms with E-state index in [1.54, 1.807) is 11.3 Å². The maximum absolute atomic E-state index is 5.83. The fourth-order valence-electron chi connectivity index (χ4n) is 1.33. The predicted molar refractivity (Wildman–Crippen MR) is 65.2 cm³/mol. The van der Waals surface area contributed by atoms with Gasteiger partial charge >= 0.3 is 0 Å². The topological polar surface area (TPSA) is 38.9 Å². The lowest BCUT2D eigenvalue weighted by atomic mass is 10.2. The molecule has 78 valence electrons. The molecule has 0 bridgehead atoms. The molecule has 2 aromatic rings. The molecule has 0 aliphatic rings. The van der Waals surface area contributed by atoms with Crippen LogP contribution in [0.4, 0.5) is 0 Å². The highest BCUT2D eigenvalue weighted by Gasteiger charge is 2.07. The van der Waals surface area contributed by atoms with Crippen molar-refractivity contribution in [3.8, 4) is 10.6 Å². The molecule has 4 heteroatoms. The molecule has 2 nitrogen and oxygen atoms in total. The second-order valence-electron chi connectivity index (χ2n) is 3.24. The number of nitrogens with two attached hydrogens (primary N) is 1. The van der Waals surface area contributed by atoms with E-state index >= 15 is 0 Å². The summed E-state index contributed by atoms with van der Waals surface area (Å²) in [6, 6.07) is 7.69. The summed E-state index contributed by atoms with van der Waals surface area (Å²) in [5.74, 6) is 0. The SMILES string of the molecule is Cc1nc(-c2ccc(Cl)cc2)sc1CN. The molecule has 0 aliphatic carbocycles. The van der Waals surface area contributed by atoms with Crippen LogP contribution in [0.15, 0.2) is 24.3 Å². The molecule has 0 atom stereocenters. The molecular weight excluding hydrogens is 228 g/mol. The normalized spacial score (nSPS) is 10.6. The van der Waals surface area contributed by atoms with E-state index in [0.29, 0.717) is 6.54 Å². The molecule has 0 spiro atoms. The first kappa shape index (κ1) is 10.6. The second-order valence-corrected chi connectivity index (χ2v) is 4.76. The molecular formula is C11H11ClN2S. The van der Waals surface area contributed by atoms with Gasteiger partial charge in [-0.3, -0.25) is 0 Å². The van der Waals surface area contributed by atoms with Gasteiger partial charge in [0.25, 0.3) is 0 Å². The summed E-state index contributed by atoms with van der Waals surface area (Å²) in [7, 11) is 0. The summed E-state index contributed by atoms with van der Waals surface area (Å²) in [5, 5.41) is 1.75. The van der Waals surface area contributed by atoms with Crippen LogP contribution < -0.4 is 5.73 Å². The Balaban J connectivity index is 2.41. The van der Waals surface area contributed by atoms with Gasteiger partial charge in [-0.05, 0) is 19.1 Å². The van der Waals surface area contributed by atoms with Gasteiger partial charge in [0.1, 0.15) is 5.01 Å². The van der Waals surface area contributed by atoms with Crippen LogP contribution >= 0.6 is 22.9 Å². The Morgan fingerprint density at radius 2 is 2.00 bits per heavy atom. The Hall–Kier alpha value is -0.900. The third-order valence-electron chi connectivity index (χ3n) is 2.17. The van der Waals surface area contributed by atoms with Crippen LogP contribution in [0.25, 0.3) is 10.6 Å². The largest absolute Gasteiger partial charge is 0.326 e. The third-order valence-corrected chi connectivity index (χ3v) is 3.65. The van der Waals surface area contributed by atoms with Crippen molar-refractivity contribution in [2.45, 2.75) is 13.5 Å². The van der Waals surface area contributed by atoms with Gasteiger partial charge in [0.15, 0.2) is 0 Å². The molecule has 1 aromatic heterocycles. The highest BCUT2D eigenvalue weighted by atomic mass is 35.5. The van der Waals surface area contributed by atoms with E-state index in [4.69, 9.17) is 17.3 Å². The van der Waals surface area contributed by atoms with Crippen molar-refractivity contribution >= 4 is 22.9 Å². The van der Waals surface area contributed by atoms with E-state index in [2.05, 4.69) is 4.98 Å². The molecule has 0 saturated carbocycles. The molecule has 1 heterocycles. The van der Waals surface area contributed by atoms with E-state index in [-0.39, 0.29) is 0 Å². The van der Waals surface area contributed by atoms with Crippen molar-refractivity contribution < 1.29 is 0 Å². The Kier molecular flexibility index (Phi) is 3.05. The summed E-state index contributed by atoms with van der Waals surface area (Å²) >= 11 is 7.47. The van der Waals surface area contributed by atoms with Crippen molar-refractivity contribution in [1.82, 2.24) is 4.98 Å². The average Bonchev–Trinajstić information content (AvgIpc) is 2.61. The number of halogens is 1. The molecule has 2 N–H and O–H groups in total. The molecule has 0 radical (unpaired) electrons. The lowest BCUT2D eigenvalue weighted by Crippen LogP contribution is -1.94. The minimum atomic E-state index is 0.553. The van der Waals surface area contributed by atoms with Gasteiger partial charge < -0.3 is 5.73 Å². The number of nitrogens with zero attached hydrogens (tertiary/aromatic N) is 1. The van der Waals surface area contributed by atoms with Gasteiger partial charge in [-0.15, -0.1) is 11.3 Å². The number of hydrogen-bond acceptors (Lipinski definition) is 3. The number of aromatic nitrogens is 1. The van der Waals surface area contributed by atoms with Crippen molar-refractivity contribution in [1.29, 1.82) is 0 Å². The molecule has 15 heavy (non-hydrogen) atoms. The van der Waals surface area contributed by atoms with Crippen molar-refractivity contribution in [3.63, 3.8) is 0 Å². The zero-order chi connectivity index (χ0) is 10.8. The van der Waals surface area contributed by atoms with Gasteiger partial charge in [0.05, 0.1) is 5.69 Å². The lowest BCUT2D eigenvalue weighted by Gasteiger charge is -1.95. The Labute approximate surface area is 97.7 Å². The lowest BCUT2D eigenvalue weighted by molar-refractivity contribution is 1.06. The first-order chi connectivity index (χ1) is 7.20. The summed E-state index contributed by atoms with van der Waals surface area (Å²) in [6.45, 7) is 2.54. The monoisotopic (exact) mass is 238 g/mol. The van der Waals surface area contributed by atoms with E-state index in [1.807, 2.05) is 31.2 Å². The zero-order valence-electron chi connectivity index (χ0n) is 8.33. The van der Waals surface area contributed by atoms with Crippen LogP contribution in [0, 0.1) is 6.92 Å². The Morgan fingerprint density at radius 3 is 2.53 bits per heavy atom. The second kappa shape index (κ2) is 4.31. The molecule has 2 rings (SSSR count). The predicted octanol–water partition coefficient (Wildman–Crippen LogP) is 3.23. The summed E-state index contributed by atoms with van der Waals surface area (Å²) in [5.41, 5.74) is 7.73. The number of aryl methyl sites for hydroxylation is 1. The fraction of sp³-hybridized carbons (Fsp3) is 0.182. The molecule has 0 amide bonds. The van der Waals surface area contributed by atoms with Gasteiger partial charge in [0, 0.05) is 22.0 Å². The van der Waals surface area contributed by atoms with E-state index in [0.717, 1.165) is 26.2 Å². The summed E-state index contributed by atoms with van der Waals surface area (Å²) in [6.07, 6.45) is 0. The van der Waals surface area contributed by atoms with Gasteiger partial charge in [0.2, 0.25) is 0 Å². The Bertz CT molecular complexity index is 462. The average molecular weight is 239 g/mol. The van der Waals surface area contributed by atoms with E-state index in [1.165, 1.54) is 0 Å². The van der Waals surface area contributed by atoms with Gasteiger partial charge in [-0.25, -0.2) is 4.98 Å². The van der Waals surface area contributed by atoms with Gasteiger partial charge in [-0.1, -0.05) is 23.7 Å². The standard InChI is InChI=1S/C11H11ClN2S/c1-7-10(6-13)15-11(14-7)8-2-4-9(12)5-3-8/h2-5H,6,13H2,1H3. The molecule has 1 aromatic carbocycles. The Morgan fingerprint density at radius 1 is 1.33 bits per heavy atom. The quantitative estimate of drug-likeness (QED) is 0.873. The van der Waals surface area contributed by atoms with Crippen LogP contribution in [0.2, 0.25) is 5.02 Å². The van der Waals surface area contributed by atoms with Crippen LogP contribution in [0.3, 0.4) is 0 Å². The highest BCUT2D eigenvalue weighted by Crippen LogP contribution is 2.28. The third kappa shape index (κ3) is 2.20. The van der Waals surface area contributed by atoms with Gasteiger partial charge in [-0.2, -0.15) is 0 Å². The van der Waals surface area contributed by atoms with Crippen LogP contribution in [-0.2, 0) is 6.54 Å². The van der Waals surface area contributed by atoms with Crippen LogP contribution in [0.1, 0.15) is 10.6 Å². The van der Waals surface area contributed by atoms with Crippen LogP contribution in [-0.4, -0.2) is 4.98 Å². The van der Waals surface area contributed by atoms with Crippen molar-refractivity contribution in [3.05, 3.63) is 39.9 Å². The number of benzene rings is 1. The van der Waals surface area contributed by atoms with E-state index < -0.39 is 0 Å². The number of thiazole rings is 1. The minimum absolute atomic E-state index is 0.553. The molecule has 0 unspecified atom stereocenters. The van der Waals surface area contributed by atoms with Crippen LogP contribution in [0.5, 0.6) is 0 Å². The van der Waals surface area contributed by atoms with Crippen molar-refractivity contribution in [2.75, 3.05) is 0 Å².